The molecule has 0 spiro atoms. The molecule has 0 saturated heterocycles. The molecule has 5 heteroatoms. The molecule has 1 aromatic rings. The number of carbonyl (C=O) groups excluding carboxylic acids is 1. The standard InChI is InChI=1S/C16H25BrN2O2/c1-12(10-18)11-19-16(20)14(6-7-21-2)8-13-4-3-5-15(17)9-13/h3-5,9,12,14H,6-8,10-11,18H2,1-2H3,(H,19,20). The van der Waals surface area contributed by atoms with Crippen molar-refractivity contribution in [2.24, 2.45) is 17.6 Å². The van der Waals surface area contributed by atoms with Gasteiger partial charge in [-0.1, -0.05) is 35.0 Å². The first-order chi connectivity index (χ1) is 10.1. The lowest BCUT2D eigenvalue weighted by molar-refractivity contribution is -0.125. The predicted octanol–water partition coefficient (Wildman–Crippen LogP) is 2.36. The van der Waals surface area contributed by atoms with Gasteiger partial charge >= 0.3 is 0 Å². The zero-order valence-electron chi connectivity index (χ0n) is 12.8. The first-order valence-electron chi connectivity index (χ1n) is 7.28. The second-order valence-electron chi connectivity index (χ2n) is 5.40. The van der Waals surface area contributed by atoms with Crippen molar-refractivity contribution >= 4 is 21.8 Å². The number of hydrogen-bond acceptors (Lipinski definition) is 3. The molecule has 0 aliphatic carbocycles. The lowest BCUT2D eigenvalue weighted by atomic mass is 9.95. The van der Waals surface area contributed by atoms with Crippen LogP contribution in [0.3, 0.4) is 0 Å². The second kappa shape index (κ2) is 9.92. The number of carbonyl (C=O) groups is 1. The molecule has 0 aliphatic rings. The van der Waals surface area contributed by atoms with Crippen LogP contribution in [0, 0.1) is 11.8 Å². The quantitative estimate of drug-likeness (QED) is 0.713. The van der Waals surface area contributed by atoms with Crippen LogP contribution in [0.25, 0.3) is 0 Å². The van der Waals surface area contributed by atoms with E-state index in [1.807, 2.05) is 25.1 Å². The molecule has 1 amide bonds. The minimum Gasteiger partial charge on any atom is -0.385 e. The normalized spacial score (nSPS) is 13.7. The maximum atomic E-state index is 12.3. The van der Waals surface area contributed by atoms with Gasteiger partial charge in [0, 0.05) is 30.7 Å². The molecule has 0 radical (unpaired) electrons. The van der Waals surface area contributed by atoms with Gasteiger partial charge in [0.05, 0.1) is 0 Å². The monoisotopic (exact) mass is 356 g/mol. The Morgan fingerprint density at radius 2 is 2.24 bits per heavy atom. The Bertz CT molecular complexity index is 440. The van der Waals surface area contributed by atoms with Crippen molar-refractivity contribution in [1.82, 2.24) is 5.32 Å². The fourth-order valence-corrected chi connectivity index (χ4v) is 2.48. The molecule has 0 saturated carbocycles. The van der Waals surface area contributed by atoms with Gasteiger partial charge in [0.1, 0.15) is 0 Å². The van der Waals surface area contributed by atoms with Crippen molar-refractivity contribution in [2.75, 3.05) is 26.8 Å². The number of hydrogen-bond donors (Lipinski definition) is 2. The van der Waals surface area contributed by atoms with Crippen molar-refractivity contribution in [3.05, 3.63) is 34.3 Å². The van der Waals surface area contributed by atoms with Gasteiger partial charge in [-0.25, -0.2) is 0 Å². The Labute approximate surface area is 135 Å². The minimum absolute atomic E-state index is 0.0762. The van der Waals surface area contributed by atoms with Crippen molar-refractivity contribution in [3.8, 4) is 0 Å². The highest BCUT2D eigenvalue weighted by Crippen LogP contribution is 2.17. The first-order valence-corrected chi connectivity index (χ1v) is 8.07. The molecule has 0 fully saturated rings. The summed E-state index contributed by atoms with van der Waals surface area (Å²) in [6.07, 6.45) is 1.43. The Kier molecular flexibility index (Phi) is 8.57. The molecule has 1 aromatic carbocycles. The molecule has 118 valence electrons. The summed E-state index contributed by atoms with van der Waals surface area (Å²) in [4.78, 5) is 12.3. The third-order valence-electron chi connectivity index (χ3n) is 3.44. The van der Waals surface area contributed by atoms with Crippen LogP contribution < -0.4 is 11.1 Å². The molecule has 2 atom stereocenters. The molecule has 0 bridgehead atoms. The summed E-state index contributed by atoms with van der Waals surface area (Å²) in [7, 11) is 1.66. The predicted molar refractivity (Wildman–Crippen MR) is 89.1 cm³/mol. The molecule has 3 N–H and O–H groups in total. The molecule has 0 aromatic heterocycles. The molecule has 21 heavy (non-hydrogen) atoms. The minimum atomic E-state index is -0.0794. The topological polar surface area (TPSA) is 64.3 Å². The summed E-state index contributed by atoms with van der Waals surface area (Å²) in [5, 5.41) is 2.99. The Hall–Kier alpha value is -0.910. The summed E-state index contributed by atoms with van der Waals surface area (Å²) in [6.45, 7) is 3.81. The van der Waals surface area contributed by atoms with Crippen LogP contribution in [0.4, 0.5) is 0 Å². The average molecular weight is 357 g/mol. The van der Waals surface area contributed by atoms with Gasteiger partial charge in [-0.15, -0.1) is 0 Å². The van der Waals surface area contributed by atoms with E-state index in [4.69, 9.17) is 10.5 Å². The number of rotatable bonds is 9. The molecular formula is C16H25BrN2O2. The van der Waals surface area contributed by atoms with Crippen molar-refractivity contribution in [1.29, 1.82) is 0 Å². The van der Waals surface area contributed by atoms with Crippen LogP contribution in [0.5, 0.6) is 0 Å². The van der Waals surface area contributed by atoms with Gasteiger partial charge in [-0.2, -0.15) is 0 Å². The number of amides is 1. The van der Waals surface area contributed by atoms with E-state index >= 15 is 0 Å². The van der Waals surface area contributed by atoms with Crippen LogP contribution >= 0.6 is 15.9 Å². The van der Waals surface area contributed by atoms with E-state index in [-0.39, 0.29) is 11.8 Å². The fourth-order valence-electron chi connectivity index (χ4n) is 2.04. The van der Waals surface area contributed by atoms with Gasteiger partial charge in [-0.05, 0) is 43.0 Å². The van der Waals surface area contributed by atoms with Crippen LogP contribution in [0.2, 0.25) is 0 Å². The molecule has 1 rings (SSSR count). The van der Waals surface area contributed by atoms with E-state index in [2.05, 4.69) is 27.3 Å². The summed E-state index contributed by atoms with van der Waals surface area (Å²) < 4.78 is 6.15. The third-order valence-corrected chi connectivity index (χ3v) is 3.93. The molecule has 0 heterocycles. The lowest BCUT2D eigenvalue weighted by Gasteiger charge is -2.18. The number of nitrogens with one attached hydrogen (secondary N) is 1. The number of halogens is 1. The molecule has 2 unspecified atom stereocenters. The van der Waals surface area contributed by atoms with E-state index in [0.717, 1.165) is 10.0 Å². The maximum Gasteiger partial charge on any atom is 0.223 e. The van der Waals surface area contributed by atoms with E-state index < -0.39 is 0 Å². The van der Waals surface area contributed by atoms with Crippen molar-refractivity contribution < 1.29 is 9.53 Å². The van der Waals surface area contributed by atoms with Crippen LogP contribution in [-0.4, -0.2) is 32.7 Å². The third kappa shape index (κ3) is 7.07. The number of nitrogens with two attached hydrogens (primary N) is 1. The summed E-state index contributed by atoms with van der Waals surface area (Å²) >= 11 is 3.46. The van der Waals surface area contributed by atoms with Crippen molar-refractivity contribution in [3.63, 3.8) is 0 Å². The van der Waals surface area contributed by atoms with Gasteiger partial charge in [0.2, 0.25) is 5.91 Å². The van der Waals surface area contributed by atoms with E-state index in [9.17, 15) is 4.79 Å². The van der Waals surface area contributed by atoms with Gasteiger partial charge in [-0.3, -0.25) is 4.79 Å². The zero-order valence-corrected chi connectivity index (χ0v) is 14.4. The Balaban J connectivity index is 2.63. The Morgan fingerprint density at radius 1 is 1.48 bits per heavy atom. The average Bonchev–Trinajstić information content (AvgIpc) is 2.48. The van der Waals surface area contributed by atoms with E-state index in [0.29, 0.717) is 38.5 Å². The number of ether oxygens (including phenoxy) is 1. The van der Waals surface area contributed by atoms with Crippen molar-refractivity contribution in [2.45, 2.75) is 19.8 Å². The van der Waals surface area contributed by atoms with Crippen LogP contribution in [0.15, 0.2) is 28.7 Å². The lowest BCUT2D eigenvalue weighted by Crippen LogP contribution is -2.36. The second-order valence-corrected chi connectivity index (χ2v) is 6.31. The largest absolute Gasteiger partial charge is 0.385 e. The summed E-state index contributed by atoms with van der Waals surface area (Å²) in [6, 6.07) is 8.06. The van der Waals surface area contributed by atoms with Crippen LogP contribution in [0.1, 0.15) is 18.9 Å². The molecule has 0 aliphatic heterocycles. The molecular weight excluding hydrogens is 332 g/mol. The zero-order chi connectivity index (χ0) is 15.7. The fraction of sp³-hybridized carbons (Fsp3) is 0.562. The van der Waals surface area contributed by atoms with Gasteiger partial charge in [0.25, 0.3) is 0 Å². The van der Waals surface area contributed by atoms with Crippen LogP contribution in [-0.2, 0) is 16.0 Å². The van der Waals surface area contributed by atoms with E-state index in [1.54, 1.807) is 7.11 Å². The van der Waals surface area contributed by atoms with Gasteiger partial charge in [0.15, 0.2) is 0 Å². The maximum absolute atomic E-state index is 12.3. The smallest absolute Gasteiger partial charge is 0.223 e. The highest BCUT2D eigenvalue weighted by Gasteiger charge is 2.19. The van der Waals surface area contributed by atoms with E-state index in [1.165, 1.54) is 0 Å². The first kappa shape index (κ1) is 18.1. The van der Waals surface area contributed by atoms with Gasteiger partial charge < -0.3 is 15.8 Å². The summed E-state index contributed by atoms with van der Waals surface area (Å²) in [5.41, 5.74) is 6.72. The highest BCUT2D eigenvalue weighted by atomic mass is 79.9. The molecule has 4 nitrogen and oxygen atoms in total. The Morgan fingerprint density at radius 3 is 2.86 bits per heavy atom. The number of benzene rings is 1. The highest BCUT2D eigenvalue weighted by molar-refractivity contribution is 9.10. The number of methoxy groups -OCH3 is 1. The summed E-state index contributed by atoms with van der Waals surface area (Å²) in [5.74, 6) is 0.291. The SMILES string of the molecule is COCCC(Cc1cccc(Br)c1)C(=O)NCC(C)CN.